The van der Waals surface area contributed by atoms with Crippen LogP contribution in [-0.2, 0) is 6.42 Å². The average Bonchev–Trinajstić information content (AvgIpc) is 2.45. The zero-order valence-electron chi connectivity index (χ0n) is 11.7. The van der Waals surface area contributed by atoms with E-state index < -0.39 is 16.9 Å². The summed E-state index contributed by atoms with van der Waals surface area (Å²) in [6.07, 6.45) is 0.496. The van der Waals surface area contributed by atoms with Crippen LogP contribution < -0.4 is 5.32 Å². The maximum absolute atomic E-state index is 11.9. The summed E-state index contributed by atoms with van der Waals surface area (Å²) in [6.45, 7) is 4.01. The molecule has 7 heteroatoms. The third kappa shape index (κ3) is 3.53. The number of benzene rings is 1. The van der Waals surface area contributed by atoms with E-state index in [9.17, 15) is 19.7 Å². The lowest BCUT2D eigenvalue weighted by atomic mass is 10.1. The van der Waals surface area contributed by atoms with Gasteiger partial charge in [-0.05, 0) is 19.4 Å². The maximum Gasteiger partial charge on any atom is 0.324 e. The van der Waals surface area contributed by atoms with E-state index in [1.807, 2.05) is 0 Å². The summed E-state index contributed by atoms with van der Waals surface area (Å²) >= 11 is 0. The highest BCUT2D eigenvalue weighted by Crippen LogP contribution is 2.20. The van der Waals surface area contributed by atoms with Crippen molar-refractivity contribution >= 4 is 17.6 Å². The molecule has 0 atom stereocenters. The van der Waals surface area contributed by atoms with Crippen LogP contribution in [0, 0.1) is 10.1 Å². The van der Waals surface area contributed by atoms with Crippen LogP contribution in [0.3, 0.4) is 0 Å². The van der Waals surface area contributed by atoms with Gasteiger partial charge in [-0.2, -0.15) is 0 Å². The molecule has 20 heavy (non-hydrogen) atoms. The fourth-order valence-electron chi connectivity index (χ4n) is 1.58. The van der Waals surface area contributed by atoms with Crippen molar-refractivity contribution in [1.82, 2.24) is 10.2 Å². The Hall–Kier alpha value is -2.44. The highest BCUT2D eigenvalue weighted by molar-refractivity contribution is 6.04. The highest BCUT2D eigenvalue weighted by Gasteiger charge is 2.18. The van der Waals surface area contributed by atoms with Crippen LogP contribution in [0.5, 0.6) is 0 Å². The van der Waals surface area contributed by atoms with Crippen LogP contribution in [0.25, 0.3) is 0 Å². The summed E-state index contributed by atoms with van der Waals surface area (Å²) in [5, 5.41) is 13.1. The van der Waals surface area contributed by atoms with E-state index in [1.54, 1.807) is 20.9 Å². The molecule has 1 N–H and O–H groups in total. The molecule has 1 rings (SSSR count). The topological polar surface area (TPSA) is 92.6 Å². The van der Waals surface area contributed by atoms with Crippen molar-refractivity contribution < 1.29 is 14.5 Å². The molecular weight excluding hydrogens is 262 g/mol. The Kier molecular flexibility index (Phi) is 5.19. The Labute approximate surface area is 116 Å². The van der Waals surface area contributed by atoms with Gasteiger partial charge in [0.05, 0.1) is 4.92 Å². The SMILES string of the molecule is CCc1ccc(C(=O)NC(=O)N(C)CC)cc1[N+](=O)[O-]. The van der Waals surface area contributed by atoms with Gasteiger partial charge >= 0.3 is 6.03 Å². The number of nitro benzene ring substituents is 1. The standard InChI is InChI=1S/C13H17N3O4/c1-4-9-6-7-10(8-11(9)16(19)20)12(17)14-13(18)15(3)5-2/h6-8H,4-5H2,1-3H3,(H,14,17,18). The number of nitrogens with zero attached hydrogens (tertiary/aromatic N) is 2. The first-order chi connectivity index (χ1) is 9.40. The van der Waals surface area contributed by atoms with Crippen molar-refractivity contribution in [1.29, 1.82) is 0 Å². The number of imide groups is 1. The predicted octanol–water partition coefficient (Wildman–Crippen LogP) is 1.96. The molecule has 0 aliphatic rings. The molecule has 0 unspecified atom stereocenters. The molecule has 0 aliphatic carbocycles. The van der Waals surface area contributed by atoms with Crippen molar-refractivity contribution in [2.24, 2.45) is 0 Å². The largest absolute Gasteiger partial charge is 0.328 e. The lowest BCUT2D eigenvalue weighted by Gasteiger charge is -2.14. The first kappa shape index (κ1) is 15.6. The Balaban J connectivity index is 2.97. The number of carbonyl (C=O) groups is 2. The molecule has 0 aliphatic heterocycles. The molecule has 0 saturated carbocycles. The molecule has 0 aromatic heterocycles. The smallest absolute Gasteiger partial charge is 0.324 e. The van der Waals surface area contributed by atoms with Gasteiger partial charge in [0.15, 0.2) is 0 Å². The Morgan fingerprint density at radius 1 is 1.35 bits per heavy atom. The van der Waals surface area contributed by atoms with Crippen molar-refractivity contribution in [2.75, 3.05) is 13.6 Å². The van der Waals surface area contributed by atoms with Crippen LogP contribution >= 0.6 is 0 Å². The fraction of sp³-hybridized carbons (Fsp3) is 0.385. The third-order valence-electron chi connectivity index (χ3n) is 2.97. The summed E-state index contributed by atoms with van der Waals surface area (Å²) in [7, 11) is 1.55. The zero-order chi connectivity index (χ0) is 15.3. The predicted molar refractivity (Wildman–Crippen MR) is 73.6 cm³/mol. The minimum Gasteiger partial charge on any atom is -0.328 e. The number of aryl methyl sites for hydroxylation is 1. The number of nitro groups is 1. The molecular formula is C13H17N3O4. The van der Waals surface area contributed by atoms with E-state index in [-0.39, 0.29) is 11.3 Å². The zero-order valence-corrected chi connectivity index (χ0v) is 11.7. The van der Waals surface area contributed by atoms with E-state index in [4.69, 9.17) is 0 Å². The molecule has 0 heterocycles. The van der Waals surface area contributed by atoms with E-state index in [2.05, 4.69) is 5.32 Å². The van der Waals surface area contributed by atoms with Gasteiger partial charge in [0.2, 0.25) is 0 Å². The monoisotopic (exact) mass is 279 g/mol. The van der Waals surface area contributed by atoms with Crippen molar-refractivity contribution in [3.8, 4) is 0 Å². The van der Waals surface area contributed by atoms with Crippen LogP contribution in [0.1, 0.15) is 29.8 Å². The number of hydrogen-bond donors (Lipinski definition) is 1. The summed E-state index contributed by atoms with van der Waals surface area (Å²) in [5.74, 6) is -0.652. The van der Waals surface area contributed by atoms with E-state index >= 15 is 0 Å². The molecule has 1 aromatic carbocycles. The first-order valence-electron chi connectivity index (χ1n) is 6.24. The van der Waals surface area contributed by atoms with Crippen LogP contribution in [-0.4, -0.2) is 35.4 Å². The van der Waals surface area contributed by atoms with E-state index in [0.29, 0.717) is 18.5 Å². The van der Waals surface area contributed by atoms with Gasteiger partial charge in [0, 0.05) is 30.8 Å². The lowest BCUT2D eigenvalue weighted by molar-refractivity contribution is -0.385. The van der Waals surface area contributed by atoms with Gasteiger partial charge in [-0.3, -0.25) is 20.2 Å². The molecule has 1 aromatic rings. The normalized spacial score (nSPS) is 9.95. The van der Waals surface area contributed by atoms with Gasteiger partial charge in [0.25, 0.3) is 11.6 Å². The van der Waals surface area contributed by atoms with Gasteiger partial charge in [-0.15, -0.1) is 0 Å². The Morgan fingerprint density at radius 3 is 2.50 bits per heavy atom. The summed E-state index contributed by atoms with van der Waals surface area (Å²) in [5.41, 5.74) is 0.520. The number of rotatable bonds is 4. The summed E-state index contributed by atoms with van der Waals surface area (Å²) in [4.78, 5) is 35.2. The third-order valence-corrected chi connectivity index (χ3v) is 2.97. The van der Waals surface area contributed by atoms with Gasteiger partial charge in [-0.1, -0.05) is 13.0 Å². The quantitative estimate of drug-likeness (QED) is 0.673. The minimum absolute atomic E-state index is 0.0896. The minimum atomic E-state index is -0.652. The Bertz CT molecular complexity index is 542. The summed E-state index contributed by atoms with van der Waals surface area (Å²) in [6, 6.07) is 3.65. The van der Waals surface area contributed by atoms with Gasteiger partial charge < -0.3 is 4.90 Å². The Morgan fingerprint density at radius 2 is 2.00 bits per heavy atom. The molecule has 3 amide bonds. The van der Waals surface area contributed by atoms with E-state index in [0.717, 1.165) is 0 Å². The van der Waals surface area contributed by atoms with Crippen molar-refractivity contribution in [3.63, 3.8) is 0 Å². The van der Waals surface area contributed by atoms with Crippen LogP contribution in [0.15, 0.2) is 18.2 Å². The number of urea groups is 1. The molecule has 0 fully saturated rings. The molecule has 108 valence electrons. The average molecular weight is 279 g/mol. The second-order valence-corrected chi connectivity index (χ2v) is 4.23. The van der Waals surface area contributed by atoms with Crippen molar-refractivity contribution in [3.05, 3.63) is 39.4 Å². The number of nitrogens with one attached hydrogen (secondary N) is 1. The second-order valence-electron chi connectivity index (χ2n) is 4.23. The molecule has 0 bridgehead atoms. The molecule has 0 saturated heterocycles. The first-order valence-corrected chi connectivity index (χ1v) is 6.24. The van der Waals surface area contributed by atoms with Crippen molar-refractivity contribution in [2.45, 2.75) is 20.3 Å². The van der Waals surface area contributed by atoms with Gasteiger partial charge in [-0.25, -0.2) is 4.79 Å². The summed E-state index contributed by atoms with van der Waals surface area (Å²) < 4.78 is 0. The number of carbonyl (C=O) groups excluding carboxylic acids is 2. The van der Waals surface area contributed by atoms with Crippen LogP contribution in [0.2, 0.25) is 0 Å². The molecule has 0 spiro atoms. The van der Waals surface area contributed by atoms with E-state index in [1.165, 1.54) is 23.1 Å². The fourth-order valence-corrected chi connectivity index (χ4v) is 1.58. The number of amides is 3. The lowest BCUT2D eigenvalue weighted by Crippen LogP contribution is -2.40. The number of hydrogen-bond acceptors (Lipinski definition) is 4. The van der Waals surface area contributed by atoms with Gasteiger partial charge in [0.1, 0.15) is 0 Å². The molecule has 7 nitrogen and oxygen atoms in total. The second kappa shape index (κ2) is 6.65. The van der Waals surface area contributed by atoms with Crippen LogP contribution in [0.4, 0.5) is 10.5 Å². The maximum atomic E-state index is 11.9. The highest BCUT2D eigenvalue weighted by atomic mass is 16.6. The molecule has 0 radical (unpaired) electrons.